The van der Waals surface area contributed by atoms with Crippen molar-refractivity contribution >= 4 is 16.9 Å². The van der Waals surface area contributed by atoms with Crippen molar-refractivity contribution in [1.82, 2.24) is 29.9 Å². The molecule has 0 spiro atoms. The summed E-state index contributed by atoms with van der Waals surface area (Å²) in [6.07, 6.45) is 5.77. The summed E-state index contributed by atoms with van der Waals surface area (Å²) in [6, 6.07) is 4.03. The zero-order valence-corrected chi connectivity index (χ0v) is 13.9. The molecular weight excluding hydrogens is 304 g/mol. The molecule has 1 N–H and O–H groups in total. The number of hydrogen-bond acceptors (Lipinski definition) is 4. The van der Waals surface area contributed by atoms with E-state index in [1.165, 1.54) is 0 Å². The number of nitrogens with one attached hydrogen (secondary N) is 1. The van der Waals surface area contributed by atoms with Crippen LogP contribution in [0.25, 0.3) is 11.0 Å². The average Bonchev–Trinajstić information content (AvgIpc) is 3.24. The molecule has 7 heteroatoms. The second-order valence-electron chi connectivity index (χ2n) is 6.39. The van der Waals surface area contributed by atoms with Gasteiger partial charge in [0.15, 0.2) is 5.65 Å². The summed E-state index contributed by atoms with van der Waals surface area (Å²) >= 11 is 0. The zero-order valence-electron chi connectivity index (χ0n) is 13.9. The van der Waals surface area contributed by atoms with Crippen LogP contribution in [0.1, 0.15) is 40.6 Å². The van der Waals surface area contributed by atoms with E-state index < -0.39 is 0 Å². The summed E-state index contributed by atoms with van der Waals surface area (Å²) < 4.78 is 1.95. The van der Waals surface area contributed by atoms with E-state index in [0.717, 1.165) is 36.2 Å². The van der Waals surface area contributed by atoms with Crippen LogP contribution in [0.4, 0.5) is 0 Å². The van der Waals surface area contributed by atoms with Crippen molar-refractivity contribution in [3.05, 3.63) is 41.5 Å². The molecule has 1 aliphatic heterocycles. The Hall–Kier alpha value is -2.70. The van der Waals surface area contributed by atoms with Gasteiger partial charge >= 0.3 is 0 Å². The summed E-state index contributed by atoms with van der Waals surface area (Å²) in [7, 11) is 0. The summed E-state index contributed by atoms with van der Waals surface area (Å²) in [5.74, 6) is 0.0480. The maximum absolute atomic E-state index is 13.2. The summed E-state index contributed by atoms with van der Waals surface area (Å²) in [6.45, 7) is 5.27. The Morgan fingerprint density at radius 3 is 3.04 bits per heavy atom. The van der Waals surface area contributed by atoms with Crippen LogP contribution in [0, 0.1) is 13.8 Å². The van der Waals surface area contributed by atoms with Gasteiger partial charge in [0.05, 0.1) is 17.0 Å². The summed E-state index contributed by atoms with van der Waals surface area (Å²) in [5, 5.41) is 12.3. The van der Waals surface area contributed by atoms with Gasteiger partial charge < -0.3 is 4.90 Å². The Bertz CT molecular complexity index is 882. The molecular formula is C17H20N6O. The number of likely N-dealkylation sites (tertiary alicyclic amines) is 1. The third-order valence-electron chi connectivity index (χ3n) is 4.65. The Balaban J connectivity index is 1.67. The molecule has 0 unspecified atom stereocenters. The number of H-pyrrole nitrogens is 1. The van der Waals surface area contributed by atoms with Crippen LogP contribution >= 0.6 is 0 Å². The molecule has 124 valence electrons. The molecule has 4 rings (SSSR count). The van der Waals surface area contributed by atoms with Crippen LogP contribution in [0.2, 0.25) is 0 Å². The predicted octanol–water partition coefficient (Wildman–Crippen LogP) is 2.25. The van der Waals surface area contributed by atoms with Crippen molar-refractivity contribution in [2.24, 2.45) is 0 Å². The minimum absolute atomic E-state index is 0.0480. The molecule has 0 saturated carbocycles. The highest BCUT2D eigenvalue weighted by Crippen LogP contribution is 2.26. The second kappa shape index (κ2) is 5.74. The molecule has 24 heavy (non-hydrogen) atoms. The lowest BCUT2D eigenvalue weighted by atomic mass is 10.0. The Kier molecular flexibility index (Phi) is 3.55. The lowest BCUT2D eigenvalue weighted by Crippen LogP contribution is -2.41. The normalized spacial score (nSPS) is 18.2. The fraction of sp³-hybridized carbons (Fsp3) is 0.412. The summed E-state index contributed by atoms with van der Waals surface area (Å²) in [5.41, 5.74) is 2.97. The van der Waals surface area contributed by atoms with Crippen LogP contribution in [-0.2, 0) is 0 Å². The predicted molar refractivity (Wildman–Crippen MR) is 89.8 cm³/mol. The number of nitrogens with zero attached hydrogens (tertiary/aromatic N) is 5. The van der Waals surface area contributed by atoms with Crippen molar-refractivity contribution in [3.8, 4) is 0 Å². The molecule has 3 aromatic rings. The van der Waals surface area contributed by atoms with E-state index in [4.69, 9.17) is 0 Å². The van der Waals surface area contributed by atoms with Crippen LogP contribution in [-0.4, -0.2) is 48.9 Å². The van der Waals surface area contributed by atoms with Crippen LogP contribution < -0.4 is 0 Å². The average molecular weight is 324 g/mol. The SMILES string of the molecule is Cc1cc(C(=O)N2CCC[C@@H](n3cccn3)C2)c2c(C)[nH]nc2n1. The van der Waals surface area contributed by atoms with E-state index in [1.807, 2.05) is 41.8 Å². The van der Waals surface area contributed by atoms with Crippen molar-refractivity contribution in [1.29, 1.82) is 0 Å². The molecule has 3 aromatic heterocycles. The molecule has 1 atom stereocenters. The van der Waals surface area contributed by atoms with Gasteiger partial charge in [-0.1, -0.05) is 0 Å². The minimum atomic E-state index is 0.0480. The van der Waals surface area contributed by atoms with Gasteiger partial charge in [0.1, 0.15) is 0 Å². The number of pyridine rings is 1. The number of fused-ring (bicyclic) bond motifs is 1. The maximum Gasteiger partial charge on any atom is 0.254 e. The minimum Gasteiger partial charge on any atom is -0.336 e. The molecule has 0 aromatic carbocycles. The Morgan fingerprint density at radius 1 is 1.38 bits per heavy atom. The van der Waals surface area contributed by atoms with Gasteiger partial charge in [0.2, 0.25) is 0 Å². The lowest BCUT2D eigenvalue weighted by Gasteiger charge is -2.33. The molecule has 1 fully saturated rings. The highest BCUT2D eigenvalue weighted by molar-refractivity contribution is 6.06. The fourth-order valence-electron chi connectivity index (χ4n) is 3.49. The Morgan fingerprint density at radius 2 is 2.25 bits per heavy atom. The fourth-order valence-corrected chi connectivity index (χ4v) is 3.49. The standard InChI is InChI=1S/C17H20N6O/c1-11-9-14(15-12(2)20-21-16(15)19-11)17(24)22-7-3-5-13(10-22)23-8-4-6-18-23/h4,6,8-9,13H,3,5,7,10H2,1-2H3,(H,19,20,21)/t13-/m1/s1. The molecule has 0 aliphatic carbocycles. The van der Waals surface area contributed by atoms with Crippen molar-refractivity contribution in [2.75, 3.05) is 13.1 Å². The van der Waals surface area contributed by atoms with E-state index in [0.29, 0.717) is 17.8 Å². The first-order chi connectivity index (χ1) is 11.6. The van der Waals surface area contributed by atoms with E-state index in [9.17, 15) is 4.79 Å². The van der Waals surface area contributed by atoms with Gasteiger partial charge in [-0.3, -0.25) is 14.6 Å². The van der Waals surface area contributed by atoms with Gasteiger partial charge in [0.25, 0.3) is 5.91 Å². The van der Waals surface area contributed by atoms with E-state index >= 15 is 0 Å². The number of rotatable bonds is 2. The molecule has 4 heterocycles. The van der Waals surface area contributed by atoms with E-state index in [1.54, 1.807) is 6.20 Å². The number of piperidine rings is 1. The largest absolute Gasteiger partial charge is 0.336 e. The molecule has 0 bridgehead atoms. The number of carbonyl (C=O) groups excluding carboxylic acids is 1. The van der Waals surface area contributed by atoms with Gasteiger partial charge in [-0.15, -0.1) is 0 Å². The maximum atomic E-state index is 13.2. The molecule has 7 nitrogen and oxygen atoms in total. The van der Waals surface area contributed by atoms with Gasteiger partial charge in [-0.25, -0.2) is 4.98 Å². The number of amides is 1. The first-order valence-corrected chi connectivity index (χ1v) is 8.24. The van der Waals surface area contributed by atoms with Crippen molar-refractivity contribution in [2.45, 2.75) is 32.7 Å². The topological polar surface area (TPSA) is 79.7 Å². The first-order valence-electron chi connectivity index (χ1n) is 8.24. The van der Waals surface area contributed by atoms with Gasteiger partial charge in [-0.05, 0) is 38.8 Å². The second-order valence-corrected chi connectivity index (χ2v) is 6.39. The quantitative estimate of drug-likeness (QED) is 0.784. The number of aryl methyl sites for hydroxylation is 2. The highest BCUT2D eigenvalue weighted by atomic mass is 16.2. The highest BCUT2D eigenvalue weighted by Gasteiger charge is 2.27. The molecule has 0 radical (unpaired) electrons. The first kappa shape index (κ1) is 14.9. The number of carbonyl (C=O) groups is 1. The monoisotopic (exact) mass is 324 g/mol. The van der Waals surface area contributed by atoms with Crippen molar-refractivity contribution in [3.63, 3.8) is 0 Å². The van der Waals surface area contributed by atoms with Crippen LogP contribution in [0.15, 0.2) is 24.5 Å². The lowest BCUT2D eigenvalue weighted by molar-refractivity contribution is 0.0674. The van der Waals surface area contributed by atoms with Crippen LogP contribution in [0.3, 0.4) is 0 Å². The number of aromatic nitrogens is 5. The smallest absolute Gasteiger partial charge is 0.254 e. The third kappa shape index (κ3) is 2.46. The third-order valence-corrected chi connectivity index (χ3v) is 4.65. The summed E-state index contributed by atoms with van der Waals surface area (Å²) in [4.78, 5) is 19.5. The number of hydrogen-bond donors (Lipinski definition) is 1. The van der Waals surface area contributed by atoms with E-state index in [2.05, 4.69) is 20.3 Å². The van der Waals surface area contributed by atoms with Crippen LogP contribution in [0.5, 0.6) is 0 Å². The number of aromatic amines is 1. The van der Waals surface area contributed by atoms with Gasteiger partial charge in [0, 0.05) is 36.9 Å². The zero-order chi connectivity index (χ0) is 16.7. The Labute approximate surface area is 139 Å². The molecule has 1 aliphatic rings. The molecule has 1 saturated heterocycles. The van der Waals surface area contributed by atoms with E-state index in [-0.39, 0.29) is 11.9 Å². The molecule has 1 amide bonds. The van der Waals surface area contributed by atoms with Crippen molar-refractivity contribution < 1.29 is 4.79 Å². The van der Waals surface area contributed by atoms with Gasteiger partial charge in [-0.2, -0.15) is 10.2 Å².